The van der Waals surface area contributed by atoms with E-state index in [0.717, 1.165) is 34.5 Å². The Bertz CT molecular complexity index is 800. The predicted octanol–water partition coefficient (Wildman–Crippen LogP) is 4.87. The van der Waals surface area contributed by atoms with Crippen molar-refractivity contribution >= 4 is 5.91 Å². The molecule has 0 unspecified atom stereocenters. The summed E-state index contributed by atoms with van der Waals surface area (Å²) in [5, 5.41) is 3.36. The van der Waals surface area contributed by atoms with Crippen LogP contribution in [0.3, 0.4) is 0 Å². The van der Waals surface area contributed by atoms with E-state index in [2.05, 4.69) is 12.2 Å². The minimum atomic E-state index is -0.294. The molecule has 134 valence electrons. The minimum absolute atomic E-state index is 0.100. The lowest BCUT2D eigenvalue weighted by atomic mass is 9.83. The molecule has 2 aromatic carbocycles. The van der Waals surface area contributed by atoms with Crippen LogP contribution in [-0.4, -0.2) is 11.9 Å². The van der Waals surface area contributed by atoms with Crippen LogP contribution in [0.1, 0.15) is 49.7 Å². The zero-order valence-corrected chi connectivity index (χ0v) is 15.2. The van der Waals surface area contributed by atoms with E-state index in [0.29, 0.717) is 5.92 Å². The molecule has 4 atom stereocenters. The van der Waals surface area contributed by atoms with Crippen molar-refractivity contribution in [1.82, 2.24) is 5.32 Å². The van der Waals surface area contributed by atoms with Crippen LogP contribution in [-0.2, 0) is 4.79 Å². The number of nitrogens with one attached hydrogen (secondary N) is 1. The summed E-state index contributed by atoms with van der Waals surface area (Å²) in [5.41, 5.74) is 1.92. The Morgan fingerprint density at radius 1 is 1.00 bits per heavy atom. The van der Waals surface area contributed by atoms with Gasteiger partial charge in [-0.2, -0.15) is 0 Å². The van der Waals surface area contributed by atoms with E-state index in [4.69, 9.17) is 4.74 Å². The highest BCUT2D eigenvalue weighted by Crippen LogP contribution is 2.50. The molecule has 2 bridgehead atoms. The molecule has 3 aliphatic rings. The molecule has 26 heavy (non-hydrogen) atoms. The van der Waals surface area contributed by atoms with Gasteiger partial charge in [0.2, 0.25) is 5.91 Å². The van der Waals surface area contributed by atoms with Crippen LogP contribution in [0.15, 0.2) is 48.5 Å². The Hall–Kier alpha value is -2.29. The number of para-hydroxylation sites is 2. The standard InChI is InChI=1S/C23H25NO2/c1-14(19-13-15-10-11-16(19)12-15)24-23(25)22-17-6-2-4-8-20(17)26-21-9-5-3-7-18(21)22/h2-9,14-16,19,22H,10-13H2,1H3,(H,24,25)/t14-,15+,16+,19-/m0/s1. The number of amides is 1. The Morgan fingerprint density at radius 2 is 1.65 bits per heavy atom. The lowest BCUT2D eigenvalue weighted by Crippen LogP contribution is -2.43. The number of benzene rings is 2. The highest BCUT2D eigenvalue weighted by Gasteiger charge is 2.43. The van der Waals surface area contributed by atoms with E-state index in [9.17, 15) is 4.79 Å². The van der Waals surface area contributed by atoms with Gasteiger partial charge in [0.05, 0.1) is 5.92 Å². The molecule has 1 heterocycles. The monoisotopic (exact) mass is 347 g/mol. The molecule has 3 nitrogen and oxygen atoms in total. The summed E-state index contributed by atoms with van der Waals surface area (Å²) < 4.78 is 6.02. The number of rotatable bonds is 3. The molecule has 1 N–H and O–H groups in total. The van der Waals surface area contributed by atoms with Crippen molar-refractivity contribution in [1.29, 1.82) is 0 Å². The van der Waals surface area contributed by atoms with Gasteiger partial charge in [0.1, 0.15) is 11.5 Å². The van der Waals surface area contributed by atoms with Gasteiger partial charge in [-0.3, -0.25) is 4.79 Å². The van der Waals surface area contributed by atoms with Gasteiger partial charge in [-0.1, -0.05) is 42.8 Å². The van der Waals surface area contributed by atoms with E-state index in [1.165, 1.54) is 25.7 Å². The second kappa shape index (κ2) is 6.15. The molecule has 2 aliphatic carbocycles. The Labute approximate surface area is 154 Å². The van der Waals surface area contributed by atoms with Crippen LogP contribution in [0.2, 0.25) is 0 Å². The fourth-order valence-corrected chi connectivity index (χ4v) is 5.51. The summed E-state index contributed by atoms with van der Waals surface area (Å²) in [6.45, 7) is 2.19. The van der Waals surface area contributed by atoms with Crippen molar-refractivity contribution in [3.05, 3.63) is 59.7 Å². The summed E-state index contributed by atoms with van der Waals surface area (Å²) in [6.07, 6.45) is 5.39. The molecule has 2 aromatic rings. The van der Waals surface area contributed by atoms with Gasteiger partial charge in [-0.05, 0) is 56.1 Å². The van der Waals surface area contributed by atoms with Crippen molar-refractivity contribution in [2.75, 3.05) is 0 Å². The Kier molecular flexibility index (Phi) is 3.77. The van der Waals surface area contributed by atoms with E-state index in [1.807, 2.05) is 48.5 Å². The van der Waals surface area contributed by atoms with Gasteiger partial charge in [-0.25, -0.2) is 0 Å². The maximum Gasteiger partial charge on any atom is 0.232 e. The largest absolute Gasteiger partial charge is 0.457 e. The maximum atomic E-state index is 13.3. The van der Waals surface area contributed by atoms with E-state index >= 15 is 0 Å². The van der Waals surface area contributed by atoms with Crippen LogP contribution in [0.5, 0.6) is 11.5 Å². The minimum Gasteiger partial charge on any atom is -0.457 e. The molecule has 1 amide bonds. The average Bonchev–Trinajstić information content (AvgIpc) is 3.29. The quantitative estimate of drug-likeness (QED) is 0.860. The number of ether oxygens (including phenoxy) is 1. The smallest absolute Gasteiger partial charge is 0.232 e. The Morgan fingerprint density at radius 3 is 2.23 bits per heavy atom. The molecular weight excluding hydrogens is 322 g/mol. The Balaban J connectivity index is 1.43. The van der Waals surface area contributed by atoms with Crippen LogP contribution in [0, 0.1) is 17.8 Å². The maximum absolute atomic E-state index is 13.3. The topological polar surface area (TPSA) is 38.3 Å². The van der Waals surface area contributed by atoms with E-state index in [1.54, 1.807) is 0 Å². The summed E-state index contributed by atoms with van der Waals surface area (Å²) in [4.78, 5) is 13.3. The van der Waals surface area contributed by atoms with E-state index in [-0.39, 0.29) is 17.9 Å². The third-order valence-corrected chi connectivity index (χ3v) is 6.75. The van der Waals surface area contributed by atoms with Crippen LogP contribution in [0.4, 0.5) is 0 Å². The summed E-state index contributed by atoms with van der Waals surface area (Å²) in [6, 6.07) is 16.0. The summed E-state index contributed by atoms with van der Waals surface area (Å²) >= 11 is 0. The fraction of sp³-hybridized carbons (Fsp3) is 0.435. The third-order valence-electron chi connectivity index (χ3n) is 6.75. The lowest BCUT2D eigenvalue weighted by Gasteiger charge is -2.32. The molecule has 5 rings (SSSR count). The first-order chi connectivity index (χ1) is 12.7. The number of hydrogen-bond acceptors (Lipinski definition) is 2. The first kappa shape index (κ1) is 15.9. The number of fused-ring (bicyclic) bond motifs is 4. The lowest BCUT2D eigenvalue weighted by molar-refractivity contribution is -0.122. The average molecular weight is 347 g/mol. The molecule has 1 aliphatic heterocycles. The highest BCUT2D eigenvalue weighted by molar-refractivity contribution is 5.89. The molecule has 2 saturated carbocycles. The fourth-order valence-electron chi connectivity index (χ4n) is 5.51. The van der Waals surface area contributed by atoms with Crippen molar-refractivity contribution in [3.8, 4) is 11.5 Å². The second-order valence-electron chi connectivity index (χ2n) is 8.25. The van der Waals surface area contributed by atoms with Gasteiger partial charge < -0.3 is 10.1 Å². The first-order valence-electron chi connectivity index (χ1n) is 9.87. The van der Waals surface area contributed by atoms with Crippen LogP contribution in [0.25, 0.3) is 0 Å². The van der Waals surface area contributed by atoms with Crippen LogP contribution < -0.4 is 10.1 Å². The van der Waals surface area contributed by atoms with Gasteiger partial charge in [0.15, 0.2) is 0 Å². The molecule has 0 spiro atoms. The second-order valence-corrected chi connectivity index (χ2v) is 8.25. The zero-order valence-electron chi connectivity index (χ0n) is 15.2. The van der Waals surface area contributed by atoms with Crippen molar-refractivity contribution in [3.63, 3.8) is 0 Å². The van der Waals surface area contributed by atoms with Gasteiger partial charge in [0.25, 0.3) is 0 Å². The predicted molar refractivity (Wildman–Crippen MR) is 101 cm³/mol. The number of carbonyl (C=O) groups is 1. The van der Waals surface area contributed by atoms with Gasteiger partial charge >= 0.3 is 0 Å². The zero-order chi connectivity index (χ0) is 17.7. The third kappa shape index (κ3) is 2.53. The molecule has 3 heteroatoms. The summed E-state index contributed by atoms with van der Waals surface area (Å²) in [7, 11) is 0. The molecular formula is C23H25NO2. The van der Waals surface area contributed by atoms with Gasteiger partial charge in [-0.15, -0.1) is 0 Å². The van der Waals surface area contributed by atoms with Crippen LogP contribution >= 0.6 is 0 Å². The number of carbonyl (C=O) groups excluding carboxylic acids is 1. The first-order valence-corrected chi connectivity index (χ1v) is 9.87. The van der Waals surface area contributed by atoms with Crippen molar-refractivity contribution in [2.24, 2.45) is 17.8 Å². The molecule has 0 aromatic heterocycles. The molecule has 0 radical (unpaired) electrons. The number of hydrogen-bond donors (Lipinski definition) is 1. The summed E-state index contributed by atoms with van der Waals surface area (Å²) in [5.74, 6) is 3.74. The normalized spacial score (nSPS) is 27.3. The van der Waals surface area contributed by atoms with Gasteiger partial charge in [0, 0.05) is 17.2 Å². The SMILES string of the molecule is C[C@H](NC(=O)C1c2ccccc2Oc2ccccc21)[C@@H]1C[C@@H]2CC[C@@H]1C2. The highest BCUT2D eigenvalue weighted by atomic mass is 16.5. The molecule has 2 fully saturated rings. The van der Waals surface area contributed by atoms with E-state index < -0.39 is 0 Å². The molecule has 0 saturated heterocycles. The van der Waals surface area contributed by atoms with Crippen molar-refractivity contribution < 1.29 is 9.53 Å². The van der Waals surface area contributed by atoms with Crippen molar-refractivity contribution in [2.45, 2.75) is 44.6 Å².